The number of nitrogens with two attached hydrogens (primary N) is 1. The Bertz CT molecular complexity index is 949. The first-order valence-corrected chi connectivity index (χ1v) is 8.75. The third-order valence-corrected chi connectivity index (χ3v) is 5.14. The van der Waals surface area contributed by atoms with Crippen LogP contribution in [0.3, 0.4) is 0 Å². The summed E-state index contributed by atoms with van der Waals surface area (Å²) >= 11 is 18.8. The molecule has 0 unspecified atom stereocenters. The molecule has 0 aliphatic heterocycles. The van der Waals surface area contributed by atoms with Gasteiger partial charge in [-0.05, 0) is 41.9 Å². The van der Waals surface area contributed by atoms with Crippen LogP contribution in [0.15, 0.2) is 35.7 Å². The number of thiophene rings is 1. The molecule has 0 amide bonds. The van der Waals surface area contributed by atoms with Gasteiger partial charge in [-0.1, -0.05) is 29.3 Å². The first-order valence-electron chi connectivity index (χ1n) is 6.70. The number of nitrogen functional groups attached to an aromatic ring is 1. The largest absolute Gasteiger partial charge is 0.366 e. The number of nitrogens with zero attached hydrogens (tertiary/aromatic N) is 3. The van der Waals surface area contributed by atoms with E-state index in [9.17, 15) is 4.79 Å². The van der Waals surface area contributed by atoms with Crippen molar-refractivity contribution in [2.45, 2.75) is 6.54 Å². The Kier molecular flexibility index (Phi) is 4.91. The van der Waals surface area contributed by atoms with E-state index in [0.717, 1.165) is 5.00 Å². The second-order valence-electron chi connectivity index (χ2n) is 4.75. The topological polar surface area (TPSA) is 77.9 Å². The Morgan fingerprint density at radius 2 is 2.12 bits per heavy atom. The first kappa shape index (κ1) is 17.0. The Morgan fingerprint density at radius 1 is 1.33 bits per heavy atom. The number of ketones is 1. The molecule has 0 fully saturated rings. The molecule has 0 saturated heterocycles. The smallest absolute Gasteiger partial charge is 0.240 e. The summed E-state index contributed by atoms with van der Waals surface area (Å²) in [5.41, 5.74) is 9.22. The standard InChI is InChI=1S/C14H11Cl2N5OS2/c15-9-4-1-3-8(12(9)16)10(22)7-20-14(23)21(13(17)19-20)18-11-5-2-6-24-11/h1-6,18H,7H2,(H2,17,19). The van der Waals surface area contributed by atoms with Crippen LogP contribution < -0.4 is 11.2 Å². The van der Waals surface area contributed by atoms with E-state index in [2.05, 4.69) is 10.5 Å². The number of carbonyl (C=O) groups is 1. The number of Topliss-reactive ketones (excluding diaryl/α,β-unsaturated/α-hetero) is 1. The average molecular weight is 400 g/mol. The summed E-state index contributed by atoms with van der Waals surface area (Å²) in [6, 6.07) is 8.64. The highest BCUT2D eigenvalue weighted by Crippen LogP contribution is 2.26. The van der Waals surface area contributed by atoms with Gasteiger partial charge in [-0.25, -0.2) is 4.68 Å². The highest BCUT2D eigenvalue weighted by Gasteiger charge is 2.16. The maximum absolute atomic E-state index is 12.5. The molecule has 3 aromatic rings. The molecular formula is C14H11Cl2N5OS2. The minimum atomic E-state index is -0.264. The van der Waals surface area contributed by atoms with Crippen LogP contribution in [0.4, 0.5) is 10.9 Å². The number of hydrogen-bond donors (Lipinski definition) is 2. The van der Waals surface area contributed by atoms with E-state index in [-0.39, 0.29) is 28.1 Å². The van der Waals surface area contributed by atoms with Crippen molar-refractivity contribution in [3.63, 3.8) is 0 Å². The van der Waals surface area contributed by atoms with Crippen molar-refractivity contribution >= 4 is 63.5 Å². The molecule has 0 spiro atoms. The van der Waals surface area contributed by atoms with Crippen LogP contribution in [-0.2, 0) is 6.54 Å². The van der Waals surface area contributed by atoms with Crippen LogP contribution in [0, 0.1) is 4.77 Å². The number of hydrogen-bond acceptors (Lipinski definition) is 6. The van der Waals surface area contributed by atoms with E-state index in [1.165, 1.54) is 20.7 Å². The maximum atomic E-state index is 12.5. The molecule has 0 aliphatic rings. The number of aromatic nitrogens is 3. The summed E-state index contributed by atoms with van der Waals surface area (Å²) in [6.07, 6.45) is 0. The van der Waals surface area contributed by atoms with Crippen molar-refractivity contribution in [3.05, 3.63) is 56.1 Å². The van der Waals surface area contributed by atoms with E-state index in [1.807, 2.05) is 17.5 Å². The first-order chi connectivity index (χ1) is 11.5. The van der Waals surface area contributed by atoms with Crippen molar-refractivity contribution in [1.82, 2.24) is 14.5 Å². The second-order valence-corrected chi connectivity index (χ2v) is 6.85. The van der Waals surface area contributed by atoms with Gasteiger partial charge in [-0.15, -0.1) is 16.4 Å². The van der Waals surface area contributed by atoms with Crippen LogP contribution in [0.5, 0.6) is 0 Å². The van der Waals surface area contributed by atoms with E-state index < -0.39 is 0 Å². The van der Waals surface area contributed by atoms with Crippen LogP contribution in [-0.4, -0.2) is 20.2 Å². The molecule has 124 valence electrons. The molecule has 0 saturated carbocycles. The Hall–Kier alpha value is -1.87. The molecular weight excluding hydrogens is 389 g/mol. The fraction of sp³-hybridized carbons (Fsp3) is 0.0714. The number of carbonyl (C=O) groups excluding carboxylic acids is 1. The minimum Gasteiger partial charge on any atom is -0.366 e. The number of nitrogens with one attached hydrogen (secondary N) is 1. The van der Waals surface area contributed by atoms with Gasteiger partial charge in [-0.2, -0.15) is 4.68 Å². The number of anilines is 2. The molecule has 0 radical (unpaired) electrons. The fourth-order valence-corrected chi connectivity index (χ4v) is 3.28. The SMILES string of the molecule is Nc1nn(CC(=O)c2cccc(Cl)c2Cl)c(=S)n1Nc1cccs1. The van der Waals surface area contributed by atoms with Gasteiger partial charge in [0.25, 0.3) is 0 Å². The van der Waals surface area contributed by atoms with E-state index in [4.69, 9.17) is 41.2 Å². The maximum Gasteiger partial charge on any atom is 0.240 e. The third kappa shape index (κ3) is 3.32. The number of benzene rings is 1. The van der Waals surface area contributed by atoms with Gasteiger partial charge in [0, 0.05) is 5.56 Å². The molecule has 3 N–H and O–H groups in total. The van der Waals surface area contributed by atoms with Crippen molar-refractivity contribution in [2.24, 2.45) is 0 Å². The number of halogens is 2. The zero-order chi connectivity index (χ0) is 17.3. The minimum absolute atomic E-state index is 0.0950. The van der Waals surface area contributed by atoms with Crippen LogP contribution in [0.25, 0.3) is 0 Å². The molecule has 2 aromatic heterocycles. The monoisotopic (exact) mass is 399 g/mol. The zero-order valence-corrected chi connectivity index (χ0v) is 15.2. The van der Waals surface area contributed by atoms with Crippen LogP contribution in [0.1, 0.15) is 10.4 Å². The zero-order valence-electron chi connectivity index (χ0n) is 12.1. The lowest BCUT2D eigenvalue weighted by Gasteiger charge is -2.06. The van der Waals surface area contributed by atoms with E-state index in [1.54, 1.807) is 18.2 Å². The van der Waals surface area contributed by atoms with Crippen molar-refractivity contribution in [3.8, 4) is 0 Å². The average Bonchev–Trinajstić information content (AvgIpc) is 3.14. The second kappa shape index (κ2) is 6.94. The fourth-order valence-electron chi connectivity index (χ4n) is 2.03. The van der Waals surface area contributed by atoms with Gasteiger partial charge in [0.05, 0.1) is 10.0 Å². The molecule has 10 heteroatoms. The predicted octanol–water partition coefficient (Wildman–Crippen LogP) is 4.12. The molecule has 24 heavy (non-hydrogen) atoms. The summed E-state index contributed by atoms with van der Waals surface area (Å²) in [4.78, 5) is 12.5. The molecule has 0 atom stereocenters. The predicted molar refractivity (Wildman–Crippen MR) is 99.6 cm³/mol. The normalized spacial score (nSPS) is 10.8. The third-order valence-electron chi connectivity index (χ3n) is 3.15. The summed E-state index contributed by atoms with van der Waals surface area (Å²) in [6.45, 7) is -0.0950. The van der Waals surface area contributed by atoms with Gasteiger partial charge >= 0.3 is 0 Å². The summed E-state index contributed by atoms with van der Waals surface area (Å²) < 4.78 is 3.05. The molecule has 6 nitrogen and oxygen atoms in total. The quantitative estimate of drug-likeness (QED) is 0.498. The molecule has 0 aliphatic carbocycles. The van der Waals surface area contributed by atoms with Gasteiger partial charge in [0.1, 0.15) is 11.5 Å². The molecule has 3 rings (SSSR count). The van der Waals surface area contributed by atoms with Gasteiger partial charge < -0.3 is 5.73 Å². The van der Waals surface area contributed by atoms with Gasteiger partial charge in [0.2, 0.25) is 10.7 Å². The van der Waals surface area contributed by atoms with Crippen LogP contribution >= 0.6 is 46.8 Å². The van der Waals surface area contributed by atoms with Gasteiger partial charge in [0.15, 0.2) is 5.78 Å². The summed E-state index contributed by atoms with van der Waals surface area (Å²) in [5, 5.41) is 7.39. The lowest BCUT2D eigenvalue weighted by Crippen LogP contribution is -2.14. The lowest BCUT2D eigenvalue weighted by atomic mass is 10.1. The Morgan fingerprint density at radius 3 is 2.83 bits per heavy atom. The summed E-state index contributed by atoms with van der Waals surface area (Å²) in [7, 11) is 0. The summed E-state index contributed by atoms with van der Waals surface area (Å²) in [5.74, 6) is -0.113. The Labute approximate surface area is 156 Å². The Balaban J connectivity index is 1.87. The highest BCUT2D eigenvalue weighted by atomic mass is 35.5. The highest BCUT2D eigenvalue weighted by molar-refractivity contribution is 7.71. The molecule has 2 heterocycles. The van der Waals surface area contributed by atoms with Gasteiger partial charge in [-0.3, -0.25) is 10.2 Å². The van der Waals surface area contributed by atoms with E-state index >= 15 is 0 Å². The van der Waals surface area contributed by atoms with Crippen molar-refractivity contribution < 1.29 is 4.79 Å². The lowest BCUT2D eigenvalue weighted by molar-refractivity contribution is 0.0967. The van der Waals surface area contributed by atoms with Crippen molar-refractivity contribution in [2.75, 3.05) is 11.2 Å². The number of rotatable bonds is 5. The van der Waals surface area contributed by atoms with Crippen LogP contribution in [0.2, 0.25) is 10.0 Å². The van der Waals surface area contributed by atoms with Crippen molar-refractivity contribution in [1.29, 1.82) is 0 Å². The molecule has 1 aromatic carbocycles. The van der Waals surface area contributed by atoms with E-state index in [0.29, 0.717) is 10.6 Å². The molecule has 0 bridgehead atoms.